The molecule has 1 saturated carbocycles. The molecule has 2 rings (SSSR count). The summed E-state index contributed by atoms with van der Waals surface area (Å²) in [6.07, 6.45) is 10.4. The predicted octanol–water partition coefficient (Wildman–Crippen LogP) is 2.28. The Bertz CT molecular complexity index is 342. The van der Waals surface area contributed by atoms with E-state index in [1.54, 1.807) is 0 Å². The highest BCUT2D eigenvalue weighted by molar-refractivity contribution is 5.84. The van der Waals surface area contributed by atoms with Gasteiger partial charge in [0.05, 0.1) is 5.54 Å². The van der Waals surface area contributed by atoms with Crippen LogP contribution >= 0.6 is 0 Å². The van der Waals surface area contributed by atoms with Crippen molar-refractivity contribution in [2.24, 2.45) is 11.1 Å². The van der Waals surface area contributed by atoms with Crippen molar-refractivity contribution in [3.05, 3.63) is 0 Å². The summed E-state index contributed by atoms with van der Waals surface area (Å²) >= 11 is 0. The molecular weight excluding hydrogens is 262 g/mol. The van der Waals surface area contributed by atoms with E-state index in [1.165, 1.54) is 51.6 Å². The molecule has 1 atom stereocenters. The summed E-state index contributed by atoms with van der Waals surface area (Å²) in [6.45, 7) is 8.33. The number of primary amides is 1. The second-order valence-corrected chi connectivity index (χ2v) is 7.38. The maximum atomic E-state index is 11.6. The van der Waals surface area contributed by atoms with Crippen molar-refractivity contribution in [3.8, 4) is 0 Å². The zero-order valence-electron chi connectivity index (χ0n) is 13.9. The van der Waals surface area contributed by atoms with Gasteiger partial charge in [0.25, 0.3) is 0 Å². The van der Waals surface area contributed by atoms with Crippen LogP contribution in [0.3, 0.4) is 0 Å². The summed E-state index contributed by atoms with van der Waals surface area (Å²) in [4.78, 5) is 14.2. The van der Waals surface area contributed by atoms with Crippen LogP contribution in [-0.4, -0.2) is 42.5 Å². The maximum absolute atomic E-state index is 11.6. The number of nitrogens with zero attached hydrogens (tertiary/aromatic N) is 1. The highest BCUT2D eigenvalue weighted by atomic mass is 16.1. The lowest BCUT2D eigenvalue weighted by Gasteiger charge is -2.39. The van der Waals surface area contributed by atoms with Crippen molar-refractivity contribution in [1.82, 2.24) is 10.2 Å². The first kappa shape index (κ1) is 16.8. The molecule has 0 radical (unpaired) electrons. The second kappa shape index (κ2) is 7.10. The van der Waals surface area contributed by atoms with Crippen molar-refractivity contribution < 1.29 is 4.79 Å². The largest absolute Gasteiger partial charge is 0.368 e. The van der Waals surface area contributed by atoms with Crippen LogP contribution in [0.1, 0.15) is 65.2 Å². The van der Waals surface area contributed by atoms with Crippen LogP contribution < -0.4 is 11.1 Å². The molecule has 1 unspecified atom stereocenters. The molecule has 0 aromatic heterocycles. The summed E-state index contributed by atoms with van der Waals surface area (Å²) in [5, 5.41) is 3.24. The van der Waals surface area contributed by atoms with Gasteiger partial charge >= 0.3 is 0 Å². The predicted molar refractivity (Wildman–Crippen MR) is 87.1 cm³/mol. The van der Waals surface area contributed by atoms with Gasteiger partial charge in [-0.05, 0) is 77.0 Å². The highest BCUT2D eigenvalue weighted by Gasteiger charge is 2.37. The molecule has 4 heteroatoms. The Kier molecular flexibility index (Phi) is 5.67. The fourth-order valence-corrected chi connectivity index (χ4v) is 4.22. The van der Waals surface area contributed by atoms with Crippen LogP contribution in [0.5, 0.6) is 0 Å². The lowest BCUT2D eigenvalue weighted by atomic mass is 9.77. The summed E-state index contributed by atoms with van der Waals surface area (Å²) in [5.74, 6) is -0.229. The molecular formula is C17H33N3O. The number of hydrogen-bond acceptors (Lipinski definition) is 3. The average molecular weight is 295 g/mol. The van der Waals surface area contributed by atoms with Crippen LogP contribution in [0.4, 0.5) is 0 Å². The average Bonchev–Trinajstić information content (AvgIpc) is 2.90. The molecule has 0 aromatic carbocycles. The Balaban J connectivity index is 1.70. The molecule has 1 amide bonds. The zero-order valence-corrected chi connectivity index (χ0v) is 13.9. The van der Waals surface area contributed by atoms with E-state index in [4.69, 9.17) is 5.73 Å². The van der Waals surface area contributed by atoms with Crippen molar-refractivity contribution in [2.75, 3.05) is 26.2 Å². The Morgan fingerprint density at radius 2 is 1.86 bits per heavy atom. The molecule has 0 bridgehead atoms. The molecule has 1 aliphatic carbocycles. The van der Waals surface area contributed by atoms with Gasteiger partial charge in [0.15, 0.2) is 0 Å². The molecule has 2 fully saturated rings. The number of piperidine rings is 1. The fraction of sp³-hybridized carbons (Fsp3) is 0.941. The van der Waals surface area contributed by atoms with Gasteiger partial charge in [-0.3, -0.25) is 4.79 Å². The van der Waals surface area contributed by atoms with E-state index in [1.807, 2.05) is 13.8 Å². The minimum Gasteiger partial charge on any atom is -0.368 e. The number of carbonyl (C=O) groups excluding carboxylic acids is 1. The van der Waals surface area contributed by atoms with Gasteiger partial charge in [0.1, 0.15) is 0 Å². The van der Waals surface area contributed by atoms with Crippen LogP contribution in [0.2, 0.25) is 0 Å². The van der Waals surface area contributed by atoms with Crippen LogP contribution in [0.25, 0.3) is 0 Å². The molecule has 1 saturated heterocycles. The molecule has 1 aliphatic heterocycles. The normalized spacial score (nSPS) is 25.0. The van der Waals surface area contributed by atoms with Gasteiger partial charge in [-0.25, -0.2) is 0 Å². The topological polar surface area (TPSA) is 58.4 Å². The quantitative estimate of drug-likeness (QED) is 0.757. The first-order valence-corrected chi connectivity index (χ1v) is 8.77. The second-order valence-electron chi connectivity index (χ2n) is 7.38. The molecule has 3 N–H and O–H groups in total. The first-order valence-electron chi connectivity index (χ1n) is 8.77. The van der Waals surface area contributed by atoms with E-state index < -0.39 is 5.54 Å². The zero-order chi connectivity index (χ0) is 15.3. The molecule has 4 nitrogen and oxygen atoms in total. The number of likely N-dealkylation sites (N-methyl/N-ethyl adjacent to an activating group) is 1. The van der Waals surface area contributed by atoms with Crippen molar-refractivity contribution >= 4 is 5.91 Å². The molecule has 1 heterocycles. The Morgan fingerprint density at radius 1 is 1.24 bits per heavy atom. The van der Waals surface area contributed by atoms with Gasteiger partial charge in [0.2, 0.25) is 5.91 Å². The molecule has 21 heavy (non-hydrogen) atoms. The number of hydrogen-bond donors (Lipinski definition) is 2. The number of nitrogens with two attached hydrogens (primary N) is 1. The number of carbonyl (C=O) groups is 1. The van der Waals surface area contributed by atoms with Gasteiger partial charge in [-0.15, -0.1) is 0 Å². The minimum absolute atomic E-state index is 0.229. The lowest BCUT2D eigenvalue weighted by Crippen LogP contribution is -2.53. The third kappa shape index (κ3) is 4.19. The molecule has 0 aromatic rings. The molecule has 2 aliphatic rings. The van der Waals surface area contributed by atoms with Crippen LogP contribution in [-0.2, 0) is 4.79 Å². The van der Waals surface area contributed by atoms with E-state index >= 15 is 0 Å². The smallest absolute Gasteiger partial charge is 0.237 e. The maximum Gasteiger partial charge on any atom is 0.237 e. The van der Waals surface area contributed by atoms with Crippen molar-refractivity contribution in [1.29, 1.82) is 0 Å². The lowest BCUT2D eigenvalue weighted by molar-refractivity contribution is -0.124. The first-order chi connectivity index (χ1) is 10.00. The monoisotopic (exact) mass is 295 g/mol. The van der Waals surface area contributed by atoms with Crippen molar-refractivity contribution in [2.45, 2.75) is 70.8 Å². The van der Waals surface area contributed by atoms with Gasteiger partial charge in [-0.1, -0.05) is 19.8 Å². The van der Waals surface area contributed by atoms with Gasteiger partial charge < -0.3 is 16.0 Å². The third-order valence-corrected chi connectivity index (χ3v) is 5.84. The summed E-state index contributed by atoms with van der Waals surface area (Å²) in [5.41, 5.74) is 5.69. The van der Waals surface area contributed by atoms with Crippen LogP contribution in [0, 0.1) is 5.41 Å². The SMILES string of the molecule is CCNC(C)(CCCN1CCC2(CCCC2)CC1)C(N)=O. The van der Waals surface area contributed by atoms with E-state index in [-0.39, 0.29) is 5.91 Å². The van der Waals surface area contributed by atoms with Gasteiger partial charge in [-0.2, -0.15) is 0 Å². The number of amides is 1. The molecule has 122 valence electrons. The summed E-state index contributed by atoms with van der Waals surface area (Å²) in [7, 11) is 0. The van der Waals surface area contributed by atoms with Crippen LogP contribution in [0.15, 0.2) is 0 Å². The Morgan fingerprint density at radius 3 is 2.38 bits per heavy atom. The summed E-state index contributed by atoms with van der Waals surface area (Å²) in [6, 6.07) is 0. The fourth-order valence-electron chi connectivity index (χ4n) is 4.22. The Hall–Kier alpha value is -0.610. The standard InChI is InChI=1S/C17H33N3O/c1-3-19-16(2,15(18)21)7-6-12-20-13-10-17(11-14-20)8-4-5-9-17/h19H,3-14H2,1-2H3,(H2,18,21). The number of nitrogens with one attached hydrogen (secondary N) is 1. The number of likely N-dealkylation sites (tertiary alicyclic amines) is 1. The van der Waals surface area contributed by atoms with E-state index in [0.29, 0.717) is 5.41 Å². The van der Waals surface area contributed by atoms with Gasteiger partial charge in [0, 0.05) is 0 Å². The van der Waals surface area contributed by atoms with E-state index in [2.05, 4.69) is 10.2 Å². The third-order valence-electron chi connectivity index (χ3n) is 5.84. The highest BCUT2D eigenvalue weighted by Crippen LogP contribution is 2.46. The minimum atomic E-state index is -0.544. The van der Waals surface area contributed by atoms with E-state index in [9.17, 15) is 4.79 Å². The molecule has 1 spiro atoms. The Labute approximate surface area is 129 Å². The summed E-state index contributed by atoms with van der Waals surface area (Å²) < 4.78 is 0. The van der Waals surface area contributed by atoms with E-state index in [0.717, 1.165) is 25.9 Å². The number of rotatable bonds is 7. The van der Waals surface area contributed by atoms with Crippen molar-refractivity contribution in [3.63, 3.8) is 0 Å².